The van der Waals surface area contributed by atoms with Crippen molar-refractivity contribution in [3.63, 3.8) is 0 Å². The van der Waals surface area contributed by atoms with Crippen LogP contribution in [0.2, 0.25) is 0 Å². The molecule has 0 bridgehead atoms. The van der Waals surface area contributed by atoms with E-state index >= 15 is 0 Å². The number of rotatable bonds is 10. The van der Waals surface area contributed by atoms with Gasteiger partial charge in [0.2, 0.25) is 11.8 Å². The molecule has 0 fully saturated rings. The molecule has 2 aromatic carbocycles. The van der Waals surface area contributed by atoms with E-state index in [1.807, 2.05) is 0 Å². The number of nitro groups is 1. The highest BCUT2D eigenvalue weighted by Crippen LogP contribution is 2.25. The normalized spacial score (nSPS) is 12.2. The molecule has 2 N–H and O–H groups in total. The van der Waals surface area contributed by atoms with Gasteiger partial charge in [-0.3, -0.25) is 19.7 Å². The minimum absolute atomic E-state index is 0.161. The number of carbonyl (C=O) groups excluding carboxylic acids is 3. The van der Waals surface area contributed by atoms with Crippen LogP contribution in [0.1, 0.15) is 18.1 Å². The van der Waals surface area contributed by atoms with Gasteiger partial charge in [0.15, 0.2) is 0 Å². The number of amides is 2. The molecule has 0 saturated heterocycles. The summed E-state index contributed by atoms with van der Waals surface area (Å²) in [6, 6.07) is 7.20. The van der Waals surface area contributed by atoms with Crippen LogP contribution in [0.5, 0.6) is 5.75 Å². The van der Waals surface area contributed by atoms with E-state index < -0.39 is 40.6 Å². The molecule has 0 radical (unpaired) electrons. The maximum atomic E-state index is 14.1. The molecule has 0 aliphatic carbocycles. The molecule has 2 rings (SSSR count). The Kier molecular flexibility index (Phi) is 8.84. The molecule has 2 aromatic rings. The van der Waals surface area contributed by atoms with Crippen molar-refractivity contribution in [2.75, 3.05) is 14.2 Å². The molecule has 0 aliphatic heterocycles. The Morgan fingerprint density at radius 2 is 1.70 bits per heavy atom. The average molecular weight is 461 g/mol. The van der Waals surface area contributed by atoms with Crippen molar-refractivity contribution in [1.29, 1.82) is 0 Å². The van der Waals surface area contributed by atoms with Gasteiger partial charge in [0.05, 0.1) is 19.1 Å². The average Bonchev–Trinajstić information content (AvgIpc) is 2.78. The minimum Gasteiger partial charge on any atom is -0.496 e. The Morgan fingerprint density at radius 3 is 2.27 bits per heavy atom. The Bertz CT molecular complexity index is 1040. The Hall–Kier alpha value is -4.02. The quantitative estimate of drug-likeness (QED) is 0.312. The molecule has 176 valence electrons. The maximum Gasteiger partial charge on any atom is 0.328 e. The summed E-state index contributed by atoms with van der Waals surface area (Å²) in [7, 11) is 2.48. The lowest BCUT2D eigenvalue weighted by molar-refractivity contribution is -0.384. The van der Waals surface area contributed by atoms with Gasteiger partial charge in [-0.05, 0) is 17.7 Å². The third kappa shape index (κ3) is 6.99. The van der Waals surface area contributed by atoms with E-state index in [-0.39, 0.29) is 35.4 Å². The first kappa shape index (κ1) is 25.2. The molecular formula is C22H24FN3O7. The second-order valence-electron chi connectivity index (χ2n) is 7.09. The van der Waals surface area contributed by atoms with Crippen LogP contribution >= 0.6 is 0 Å². The summed E-state index contributed by atoms with van der Waals surface area (Å²) in [5.41, 5.74) is 0.255. The number of non-ortho nitro benzene ring substituents is 1. The fourth-order valence-electron chi connectivity index (χ4n) is 3.20. The number of ether oxygens (including phenoxy) is 2. The van der Waals surface area contributed by atoms with Crippen molar-refractivity contribution >= 4 is 23.5 Å². The number of nitrogens with zero attached hydrogens (tertiary/aromatic N) is 1. The highest BCUT2D eigenvalue weighted by atomic mass is 19.1. The third-order valence-corrected chi connectivity index (χ3v) is 4.78. The van der Waals surface area contributed by atoms with Crippen molar-refractivity contribution in [3.8, 4) is 5.75 Å². The van der Waals surface area contributed by atoms with Crippen molar-refractivity contribution in [2.45, 2.75) is 31.8 Å². The molecule has 33 heavy (non-hydrogen) atoms. The summed E-state index contributed by atoms with van der Waals surface area (Å²) in [6.07, 6.45) is -0.345. The van der Waals surface area contributed by atoms with Gasteiger partial charge in [-0.15, -0.1) is 0 Å². The molecule has 11 heteroatoms. The molecule has 2 atom stereocenters. The summed E-state index contributed by atoms with van der Waals surface area (Å²) in [4.78, 5) is 47.5. The van der Waals surface area contributed by atoms with E-state index in [1.165, 1.54) is 50.4 Å². The second kappa shape index (κ2) is 11.6. The van der Waals surface area contributed by atoms with E-state index in [0.717, 1.165) is 7.11 Å². The number of hydrogen-bond donors (Lipinski definition) is 2. The topological polar surface area (TPSA) is 137 Å². The number of benzene rings is 2. The number of hydrogen-bond acceptors (Lipinski definition) is 7. The third-order valence-electron chi connectivity index (χ3n) is 4.78. The van der Waals surface area contributed by atoms with Crippen molar-refractivity contribution in [1.82, 2.24) is 10.6 Å². The molecule has 0 heterocycles. The highest BCUT2D eigenvalue weighted by Gasteiger charge is 2.29. The summed E-state index contributed by atoms with van der Waals surface area (Å²) in [6.45, 7) is 1.20. The fraction of sp³-hybridized carbons (Fsp3) is 0.318. The van der Waals surface area contributed by atoms with Gasteiger partial charge in [0, 0.05) is 37.5 Å². The van der Waals surface area contributed by atoms with E-state index in [4.69, 9.17) is 9.47 Å². The van der Waals surface area contributed by atoms with E-state index in [1.54, 1.807) is 6.07 Å². The van der Waals surface area contributed by atoms with Crippen LogP contribution in [0, 0.1) is 15.9 Å². The standard InChI is InChI=1S/C22H24FN3O7/c1-13(27)24-18(11-14-6-4-5-7-17(14)23)21(28)25-19(22(29)33-3)12-15-10-16(26(30)31)8-9-20(15)32-2/h4-10,18-19H,11-12H2,1-3H3,(H,24,27)(H,25,28)/t18-,19+/m1/s1. The van der Waals surface area contributed by atoms with Crippen LogP contribution in [0.15, 0.2) is 42.5 Å². The van der Waals surface area contributed by atoms with Crippen LogP contribution in [0.3, 0.4) is 0 Å². The summed E-state index contributed by atoms with van der Waals surface area (Å²) in [5.74, 6) is -2.38. The zero-order valence-electron chi connectivity index (χ0n) is 18.3. The SMILES string of the molecule is COC(=O)[C@H](Cc1cc([N+](=O)[O-])ccc1OC)NC(=O)[C@@H](Cc1ccccc1F)NC(C)=O. The second-order valence-corrected chi connectivity index (χ2v) is 7.09. The van der Waals surface area contributed by atoms with Gasteiger partial charge in [0.25, 0.3) is 5.69 Å². The first-order chi connectivity index (χ1) is 15.7. The molecule has 0 unspecified atom stereocenters. The molecular weight excluding hydrogens is 437 g/mol. The number of nitro benzene ring substituents is 1. The van der Waals surface area contributed by atoms with Crippen LogP contribution in [0.4, 0.5) is 10.1 Å². The van der Waals surface area contributed by atoms with Gasteiger partial charge < -0.3 is 20.1 Å². The molecule has 0 aromatic heterocycles. The maximum absolute atomic E-state index is 14.1. The van der Waals surface area contributed by atoms with Crippen LogP contribution < -0.4 is 15.4 Å². The predicted molar refractivity (Wildman–Crippen MR) is 115 cm³/mol. The first-order valence-corrected chi connectivity index (χ1v) is 9.86. The lowest BCUT2D eigenvalue weighted by atomic mass is 10.0. The lowest BCUT2D eigenvalue weighted by Crippen LogP contribution is -2.53. The molecule has 10 nitrogen and oxygen atoms in total. The summed E-state index contributed by atoms with van der Waals surface area (Å²) < 4.78 is 24.0. The van der Waals surface area contributed by atoms with E-state index in [2.05, 4.69) is 10.6 Å². The smallest absolute Gasteiger partial charge is 0.328 e. The number of carbonyl (C=O) groups is 3. The first-order valence-electron chi connectivity index (χ1n) is 9.86. The van der Waals surface area contributed by atoms with Crippen molar-refractivity contribution in [3.05, 3.63) is 69.5 Å². The summed E-state index contributed by atoms with van der Waals surface area (Å²) >= 11 is 0. The number of halogens is 1. The van der Waals surface area contributed by atoms with Gasteiger partial charge in [0.1, 0.15) is 23.7 Å². The lowest BCUT2D eigenvalue weighted by Gasteiger charge is -2.22. The predicted octanol–water partition coefficient (Wildman–Crippen LogP) is 1.69. The van der Waals surface area contributed by atoms with Gasteiger partial charge in [-0.25, -0.2) is 9.18 Å². The molecule has 0 spiro atoms. The monoisotopic (exact) mass is 461 g/mol. The van der Waals surface area contributed by atoms with Gasteiger partial charge >= 0.3 is 5.97 Å². The van der Waals surface area contributed by atoms with Crippen LogP contribution in [0.25, 0.3) is 0 Å². The molecule has 0 aliphatic rings. The zero-order valence-corrected chi connectivity index (χ0v) is 18.3. The van der Waals surface area contributed by atoms with Gasteiger partial charge in [-0.1, -0.05) is 18.2 Å². The zero-order chi connectivity index (χ0) is 24.5. The largest absolute Gasteiger partial charge is 0.496 e. The van der Waals surface area contributed by atoms with Crippen LogP contribution in [-0.4, -0.2) is 49.0 Å². The Labute approximate surface area is 189 Å². The fourth-order valence-corrected chi connectivity index (χ4v) is 3.20. The number of esters is 1. The minimum atomic E-state index is -1.25. The Morgan fingerprint density at radius 1 is 1.03 bits per heavy atom. The van der Waals surface area contributed by atoms with Gasteiger partial charge in [-0.2, -0.15) is 0 Å². The Balaban J connectivity index is 2.30. The van der Waals surface area contributed by atoms with Crippen LogP contribution in [-0.2, 0) is 32.0 Å². The van der Waals surface area contributed by atoms with Crippen molar-refractivity contribution in [2.24, 2.45) is 0 Å². The van der Waals surface area contributed by atoms with Crippen molar-refractivity contribution < 1.29 is 33.2 Å². The highest BCUT2D eigenvalue weighted by molar-refractivity contribution is 5.90. The number of nitrogens with one attached hydrogen (secondary N) is 2. The van der Waals surface area contributed by atoms with E-state index in [0.29, 0.717) is 0 Å². The molecule has 0 saturated carbocycles. The number of methoxy groups -OCH3 is 2. The molecule has 2 amide bonds. The van der Waals surface area contributed by atoms with E-state index in [9.17, 15) is 28.9 Å². The summed E-state index contributed by atoms with van der Waals surface area (Å²) in [5, 5.41) is 16.1.